The van der Waals surface area contributed by atoms with Crippen molar-refractivity contribution in [1.29, 1.82) is 0 Å². The van der Waals surface area contributed by atoms with E-state index in [0.29, 0.717) is 35.4 Å². The summed E-state index contributed by atoms with van der Waals surface area (Å²) >= 11 is 0. The molecule has 0 bridgehead atoms. The smallest absolute Gasteiger partial charge is 0.253 e. The van der Waals surface area contributed by atoms with Gasteiger partial charge in [0.1, 0.15) is 5.75 Å². The van der Waals surface area contributed by atoms with Crippen molar-refractivity contribution in [1.82, 2.24) is 5.32 Å². The van der Waals surface area contributed by atoms with Crippen molar-refractivity contribution in [3.63, 3.8) is 0 Å². The third-order valence-corrected chi connectivity index (χ3v) is 4.33. The summed E-state index contributed by atoms with van der Waals surface area (Å²) in [5.41, 5.74) is 6.73. The molecule has 2 atom stereocenters. The van der Waals surface area contributed by atoms with Crippen molar-refractivity contribution in [2.24, 2.45) is 11.8 Å². The first-order chi connectivity index (χ1) is 10.2. The molecule has 21 heavy (non-hydrogen) atoms. The number of methoxy groups -OCH3 is 1. The highest BCUT2D eigenvalue weighted by atomic mass is 16.5. The maximum absolute atomic E-state index is 12.3. The van der Waals surface area contributed by atoms with E-state index in [9.17, 15) is 9.90 Å². The van der Waals surface area contributed by atoms with Crippen LogP contribution in [0.3, 0.4) is 0 Å². The van der Waals surface area contributed by atoms with E-state index >= 15 is 0 Å². The summed E-state index contributed by atoms with van der Waals surface area (Å²) in [5, 5.41) is 12.3. The third kappa shape index (κ3) is 3.88. The summed E-state index contributed by atoms with van der Waals surface area (Å²) in [5.74, 6) is 1.06. The van der Waals surface area contributed by atoms with Gasteiger partial charge in [-0.25, -0.2) is 0 Å². The Morgan fingerprint density at radius 2 is 2.10 bits per heavy atom. The number of nitrogens with one attached hydrogen (secondary N) is 1. The maximum atomic E-state index is 12.3. The van der Waals surface area contributed by atoms with E-state index in [1.54, 1.807) is 25.3 Å². The van der Waals surface area contributed by atoms with Gasteiger partial charge in [0.25, 0.3) is 5.91 Å². The molecule has 0 heterocycles. The summed E-state index contributed by atoms with van der Waals surface area (Å²) in [7, 11) is 1.56. The molecular formula is C16H24N2O3. The van der Waals surface area contributed by atoms with E-state index in [4.69, 9.17) is 10.5 Å². The second kappa shape index (κ2) is 7.31. The van der Waals surface area contributed by atoms with Crippen molar-refractivity contribution >= 4 is 11.6 Å². The van der Waals surface area contributed by atoms with Crippen LogP contribution in [0.1, 0.15) is 36.0 Å². The minimum absolute atomic E-state index is 0.186. The topological polar surface area (TPSA) is 84.6 Å². The van der Waals surface area contributed by atoms with E-state index < -0.39 is 0 Å². The van der Waals surface area contributed by atoms with Gasteiger partial charge in [0.2, 0.25) is 0 Å². The molecule has 5 heteroatoms. The average Bonchev–Trinajstić information content (AvgIpc) is 2.53. The maximum Gasteiger partial charge on any atom is 0.253 e. The Kier molecular flexibility index (Phi) is 5.44. The predicted molar refractivity (Wildman–Crippen MR) is 82.3 cm³/mol. The molecule has 4 N–H and O–H groups in total. The number of benzene rings is 1. The van der Waals surface area contributed by atoms with Crippen LogP contribution in [0.4, 0.5) is 5.69 Å². The third-order valence-electron chi connectivity index (χ3n) is 4.33. The van der Waals surface area contributed by atoms with Gasteiger partial charge in [0.15, 0.2) is 0 Å². The van der Waals surface area contributed by atoms with Crippen LogP contribution in [0.15, 0.2) is 18.2 Å². The number of nitrogen functional groups attached to an aromatic ring is 1. The lowest BCUT2D eigenvalue weighted by Crippen LogP contribution is -2.35. The minimum atomic E-state index is -0.186. The lowest BCUT2D eigenvalue weighted by atomic mass is 9.79. The number of hydrogen-bond acceptors (Lipinski definition) is 4. The van der Waals surface area contributed by atoms with Crippen LogP contribution in [0.25, 0.3) is 0 Å². The second-order valence-corrected chi connectivity index (χ2v) is 5.65. The van der Waals surface area contributed by atoms with Crippen LogP contribution in [0, 0.1) is 11.8 Å². The summed E-state index contributed by atoms with van der Waals surface area (Å²) < 4.78 is 5.12. The fourth-order valence-electron chi connectivity index (χ4n) is 2.97. The van der Waals surface area contributed by atoms with Crippen LogP contribution in [-0.4, -0.2) is 31.3 Å². The molecule has 1 amide bonds. The molecule has 116 valence electrons. The van der Waals surface area contributed by atoms with Gasteiger partial charge in [-0.1, -0.05) is 12.8 Å². The van der Waals surface area contributed by atoms with Gasteiger partial charge in [0, 0.05) is 18.8 Å². The van der Waals surface area contributed by atoms with Gasteiger partial charge < -0.3 is 20.9 Å². The summed E-state index contributed by atoms with van der Waals surface area (Å²) in [6, 6.07) is 5.05. The van der Waals surface area contributed by atoms with E-state index in [0.717, 1.165) is 12.8 Å². The van der Waals surface area contributed by atoms with Crippen LogP contribution >= 0.6 is 0 Å². The number of aliphatic hydroxyl groups is 1. The van der Waals surface area contributed by atoms with Crippen molar-refractivity contribution < 1.29 is 14.6 Å². The molecule has 1 saturated carbocycles. The van der Waals surface area contributed by atoms with Gasteiger partial charge in [-0.05, 0) is 42.9 Å². The number of amides is 1. The van der Waals surface area contributed by atoms with Crippen molar-refractivity contribution in [3.05, 3.63) is 23.8 Å². The second-order valence-electron chi connectivity index (χ2n) is 5.65. The molecule has 1 aliphatic carbocycles. The van der Waals surface area contributed by atoms with Crippen LogP contribution in [-0.2, 0) is 0 Å². The summed E-state index contributed by atoms with van der Waals surface area (Å²) in [6.45, 7) is 0.780. The first-order valence-corrected chi connectivity index (χ1v) is 7.48. The van der Waals surface area contributed by atoms with Crippen molar-refractivity contribution in [2.75, 3.05) is 26.0 Å². The Morgan fingerprint density at radius 3 is 2.76 bits per heavy atom. The normalized spacial score (nSPS) is 21.8. The first kappa shape index (κ1) is 15.6. The van der Waals surface area contributed by atoms with Gasteiger partial charge in [0.05, 0.1) is 12.7 Å². The molecule has 0 aromatic heterocycles. The predicted octanol–water partition coefficient (Wildman–Crippen LogP) is 1.81. The highest BCUT2D eigenvalue weighted by molar-refractivity contribution is 5.99. The summed E-state index contributed by atoms with van der Waals surface area (Å²) in [6.07, 6.45) is 4.42. The van der Waals surface area contributed by atoms with Crippen molar-refractivity contribution in [3.8, 4) is 5.75 Å². The number of anilines is 1. The lowest BCUT2D eigenvalue weighted by Gasteiger charge is -2.30. The highest BCUT2D eigenvalue weighted by Crippen LogP contribution is 2.29. The lowest BCUT2D eigenvalue weighted by molar-refractivity contribution is 0.0910. The zero-order valence-electron chi connectivity index (χ0n) is 12.5. The molecule has 2 rings (SSSR count). The van der Waals surface area contributed by atoms with Crippen LogP contribution < -0.4 is 15.8 Å². The van der Waals surface area contributed by atoms with E-state index in [1.165, 1.54) is 12.8 Å². The van der Waals surface area contributed by atoms with Crippen molar-refractivity contribution in [2.45, 2.75) is 25.7 Å². The average molecular weight is 292 g/mol. The zero-order valence-corrected chi connectivity index (χ0v) is 12.5. The number of carbonyl (C=O) groups excluding carboxylic acids is 1. The molecule has 0 aliphatic heterocycles. The highest BCUT2D eigenvalue weighted by Gasteiger charge is 2.25. The molecule has 1 aromatic rings. The molecule has 0 spiro atoms. The number of nitrogens with two attached hydrogens (primary N) is 1. The van der Waals surface area contributed by atoms with Gasteiger partial charge in [-0.3, -0.25) is 4.79 Å². The van der Waals surface area contributed by atoms with Gasteiger partial charge >= 0.3 is 0 Å². The Bertz CT molecular complexity index is 490. The number of hydrogen-bond donors (Lipinski definition) is 3. The van der Waals surface area contributed by atoms with E-state index in [2.05, 4.69) is 5.32 Å². The fourth-order valence-corrected chi connectivity index (χ4v) is 2.97. The fraction of sp³-hybridized carbons (Fsp3) is 0.562. The number of rotatable bonds is 5. The van der Waals surface area contributed by atoms with E-state index in [-0.39, 0.29) is 12.5 Å². The van der Waals surface area contributed by atoms with Gasteiger partial charge in [-0.2, -0.15) is 0 Å². The van der Waals surface area contributed by atoms with Crippen LogP contribution in [0.2, 0.25) is 0 Å². The molecule has 1 aromatic carbocycles. The molecule has 0 radical (unpaired) electrons. The molecule has 1 aliphatic rings. The SMILES string of the molecule is COc1ccc(N)c(C(=O)NCC2CCCCC2CO)c1. The Labute approximate surface area is 125 Å². The molecule has 5 nitrogen and oxygen atoms in total. The largest absolute Gasteiger partial charge is 0.497 e. The minimum Gasteiger partial charge on any atom is -0.497 e. The monoisotopic (exact) mass is 292 g/mol. The number of ether oxygens (including phenoxy) is 1. The molecule has 0 saturated heterocycles. The number of carbonyl (C=O) groups is 1. The Morgan fingerprint density at radius 1 is 1.38 bits per heavy atom. The molecule has 1 fully saturated rings. The zero-order chi connectivity index (χ0) is 15.2. The standard InChI is InChI=1S/C16H24N2O3/c1-21-13-6-7-15(17)14(8-13)16(20)18-9-11-4-2-3-5-12(11)10-19/h6-8,11-12,19H,2-5,9-10,17H2,1H3,(H,18,20). The first-order valence-electron chi connectivity index (χ1n) is 7.48. The quantitative estimate of drug-likeness (QED) is 0.723. The van der Waals surface area contributed by atoms with Gasteiger partial charge in [-0.15, -0.1) is 0 Å². The molecular weight excluding hydrogens is 268 g/mol. The molecule has 2 unspecified atom stereocenters. The van der Waals surface area contributed by atoms with E-state index in [1.807, 2.05) is 0 Å². The summed E-state index contributed by atoms with van der Waals surface area (Å²) in [4.78, 5) is 12.3. The number of aliphatic hydroxyl groups excluding tert-OH is 1. The Balaban J connectivity index is 1.98. The Hall–Kier alpha value is -1.75. The van der Waals surface area contributed by atoms with Crippen LogP contribution in [0.5, 0.6) is 5.75 Å².